The van der Waals surface area contributed by atoms with E-state index in [4.69, 9.17) is 18.0 Å². The van der Waals surface area contributed by atoms with Crippen LogP contribution in [0.5, 0.6) is 0 Å². The summed E-state index contributed by atoms with van der Waals surface area (Å²) in [6.07, 6.45) is 0. The molecule has 0 heterocycles. The van der Waals surface area contributed by atoms with Gasteiger partial charge >= 0.3 is 0 Å². The number of hydrogen-bond acceptors (Lipinski definition) is 2. The lowest BCUT2D eigenvalue weighted by Gasteiger charge is -2.23. The van der Waals surface area contributed by atoms with Gasteiger partial charge in [-0.3, -0.25) is 4.79 Å². The van der Waals surface area contributed by atoms with E-state index >= 15 is 0 Å². The highest BCUT2D eigenvalue weighted by atomic mass is 32.1. The second kappa shape index (κ2) is 4.25. The van der Waals surface area contributed by atoms with E-state index in [1.807, 2.05) is 6.92 Å². The van der Waals surface area contributed by atoms with Gasteiger partial charge in [-0.15, -0.1) is 0 Å². The molecule has 0 saturated carbocycles. The Kier molecular flexibility index (Phi) is 3.95. The molecule has 0 aliphatic rings. The average Bonchev–Trinajstić information content (AvgIpc) is 1.85. The minimum atomic E-state index is -0.792. The van der Waals surface area contributed by atoms with E-state index in [9.17, 15) is 4.79 Å². The molecule has 0 unspecified atom stereocenters. The Labute approximate surface area is 77.9 Å². The molecule has 0 aromatic rings. The topological polar surface area (TPSA) is 67.2 Å². The van der Waals surface area contributed by atoms with Crippen molar-refractivity contribution in [3.63, 3.8) is 0 Å². The Hall–Kier alpha value is -0.840. The maximum absolute atomic E-state index is 10.8. The highest BCUT2D eigenvalue weighted by molar-refractivity contribution is 7.80. The Morgan fingerprint density at radius 1 is 1.58 bits per heavy atom. The number of hydrogen-bond donors (Lipinski definition) is 3. The molecule has 0 aliphatic heterocycles. The number of rotatable bonds is 3. The van der Waals surface area contributed by atoms with E-state index in [-0.39, 0.29) is 0 Å². The fourth-order valence-electron chi connectivity index (χ4n) is 0.550. The van der Waals surface area contributed by atoms with Crippen LogP contribution in [0.3, 0.4) is 0 Å². The van der Waals surface area contributed by atoms with Crippen LogP contribution in [0.1, 0.15) is 20.8 Å². The maximum Gasteiger partial charge on any atom is 0.242 e. The van der Waals surface area contributed by atoms with Crippen molar-refractivity contribution in [1.29, 1.82) is 0 Å². The summed E-state index contributed by atoms with van der Waals surface area (Å²) in [7, 11) is 0. The van der Waals surface area contributed by atoms with E-state index in [0.717, 1.165) is 6.54 Å². The summed E-state index contributed by atoms with van der Waals surface area (Å²) < 4.78 is 0. The van der Waals surface area contributed by atoms with Crippen molar-refractivity contribution in [3.05, 3.63) is 0 Å². The summed E-state index contributed by atoms with van der Waals surface area (Å²) in [6.45, 7) is 6.00. The molecule has 0 saturated heterocycles. The van der Waals surface area contributed by atoms with Crippen molar-refractivity contribution in [2.75, 3.05) is 6.54 Å². The minimum absolute atomic E-state index is 0.428. The molecule has 0 bridgehead atoms. The van der Waals surface area contributed by atoms with Crippen LogP contribution < -0.4 is 16.4 Å². The van der Waals surface area contributed by atoms with E-state index < -0.39 is 11.4 Å². The van der Waals surface area contributed by atoms with Gasteiger partial charge in [0.05, 0.1) is 0 Å². The number of thiocarbonyl (C=S) groups is 1. The molecule has 70 valence electrons. The second-order valence-corrected chi connectivity index (χ2v) is 3.38. The molecule has 0 fully saturated rings. The first-order chi connectivity index (χ1) is 5.40. The molecular weight excluding hydrogens is 174 g/mol. The predicted molar refractivity (Wildman–Crippen MR) is 52.7 cm³/mol. The Morgan fingerprint density at radius 3 is 2.42 bits per heavy atom. The van der Waals surface area contributed by atoms with Crippen molar-refractivity contribution in [2.24, 2.45) is 5.73 Å². The average molecular weight is 189 g/mol. The summed E-state index contributed by atoms with van der Waals surface area (Å²) >= 11 is 4.89. The van der Waals surface area contributed by atoms with Crippen LogP contribution in [0.25, 0.3) is 0 Å². The van der Waals surface area contributed by atoms with Crippen molar-refractivity contribution < 1.29 is 4.79 Å². The first-order valence-corrected chi connectivity index (χ1v) is 4.17. The molecule has 0 aromatic heterocycles. The van der Waals surface area contributed by atoms with Gasteiger partial charge in [0, 0.05) is 6.54 Å². The molecular formula is C7H15N3OS. The largest absolute Gasteiger partial charge is 0.368 e. The van der Waals surface area contributed by atoms with Gasteiger partial charge in [0.25, 0.3) is 0 Å². The lowest BCUT2D eigenvalue weighted by Crippen LogP contribution is -2.55. The van der Waals surface area contributed by atoms with Gasteiger partial charge in [-0.25, -0.2) is 0 Å². The summed E-state index contributed by atoms with van der Waals surface area (Å²) in [5.74, 6) is -0.428. The van der Waals surface area contributed by atoms with Crippen LogP contribution >= 0.6 is 12.2 Å². The fraction of sp³-hybridized carbons (Fsp3) is 0.714. The molecule has 0 radical (unpaired) electrons. The molecule has 0 aliphatic carbocycles. The minimum Gasteiger partial charge on any atom is -0.368 e. The molecule has 0 atom stereocenters. The molecule has 4 N–H and O–H groups in total. The molecule has 0 spiro atoms. The third kappa shape index (κ3) is 3.52. The SMILES string of the molecule is CCNC(=S)NC(C)(C)C(N)=O. The second-order valence-electron chi connectivity index (χ2n) is 2.97. The van der Waals surface area contributed by atoms with E-state index in [1.165, 1.54) is 0 Å². The van der Waals surface area contributed by atoms with Crippen LogP contribution in [0, 0.1) is 0 Å². The third-order valence-corrected chi connectivity index (χ3v) is 1.63. The standard InChI is InChI=1S/C7H15N3OS/c1-4-9-6(12)10-7(2,3)5(8)11/h4H2,1-3H3,(H2,8,11)(H2,9,10,12). The maximum atomic E-state index is 10.8. The van der Waals surface area contributed by atoms with Crippen molar-refractivity contribution in [1.82, 2.24) is 10.6 Å². The summed E-state index contributed by atoms with van der Waals surface area (Å²) in [5.41, 5.74) is 4.33. The number of primary amides is 1. The van der Waals surface area contributed by atoms with Crippen LogP contribution in [-0.2, 0) is 4.79 Å². The lowest BCUT2D eigenvalue weighted by molar-refractivity contribution is -0.122. The fourth-order valence-corrected chi connectivity index (χ4v) is 0.950. The van der Waals surface area contributed by atoms with E-state index in [0.29, 0.717) is 5.11 Å². The van der Waals surface area contributed by atoms with Crippen molar-refractivity contribution in [3.8, 4) is 0 Å². The predicted octanol–water partition coefficient (Wildman–Crippen LogP) is -0.266. The van der Waals surface area contributed by atoms with Gasteiger partial charge in [0.2, 0.25) is 5.91 Å². The summed E-state index contributed by atoms with van der Waals surface area (Å²) in [6, 6.07) is 0. The first-order valence-electron chi connectivity index (χ1n) is 3.76. The van der Waals surface area contributed by atoms with Crippen LogP contribution in [0.4, 0.5) is 0 Å². The zero-order valence-electron chi connectivity index (χ0n) is 7.60. The molecule has 4 nitrogen and oxygen atoms in total. The molecule has 5 heteroatoms. The monoisotopic (exact) mass is 189 g/mol. The Bertz CT molecular complexity index is 191. The number of carbonyl (C=O) groups excluding carboxylic acids is 1. The van der Waals surface area contributed by atoms with Gasteiger partial charge in [-0.2, -0.15) is 0 Å². The van der Waals surface area contributed by atoms with Crippen LogP contribution in [0.15, 0.2) is 0 Å². The zero-order chi connectivity index (χ0) is 9.78. The molecule has 0 aromatic carbocycles. The number of carbonyl (C=O) groups is 1. The normalized spacial score (nSPS) is 10.6. The van der Waals surface area contributed by atoms with Gasteiger partial charge in [-0.05, 0) is 33.0 Å². The quantitative estimate of drug-likeness (QED) is 0.535. The highest BCUT2D eigenvalue weighted by Crippen LogP contribution is 1.99. The lowest BCUT2D eigenvalue weighted by atomic mass is 10.1. The molecule has 12 heavy (non-hydrogen) atoms. The molecule has 1 amide bonds. The highest BCUT2D eigenvalue weighted by Gasteiger charge is 2.24. The van der Waals surface area contributed by atoms with Gasteiger partial charge < -0.3 is 16.4 Å². The summed E-state index contributed by atoms with van der Waals surface area (Å²) in [5, 5.41) is 6.12. The van der Waals surface area contributed by atoms with Crippen LogP contribution in [0.2, 0.25) is 0 Å². The van der Waals surface area contributed by atoms with Crippen molar-refractivity contribution >= 4 is 23.2 Å². The third-order valence-electron chi connectivity index (χ3n) is 1.38. The van der Waals surface area contributed by atoms with Gasteiger partial charge in [0.15, 0.2) is 5.11 Å². The number of nitrogens with one attached hydrogen (secondary N) is 2. The Balaban J connectivity index is 4.06. The number of amides is 1. The van der Waals surface area contributed by atoms with Gasteiger partial charge in [-0.1, -0.05) is 0 Å². The summed E-state index contributed by atoms with van der Waals surface area (Å²) in [4.78, 5) is 10.8. The van der Waals surface area contributed by atoms with Crippen molar-refractivity contribution in [2.45, 2.75) is 26.3 Å². The first kappa shape index (κ1) is 11.2. The molecule has 0 rings (SSSR count). The van der Waals surface area contributed by atoms with E-state index in [1.54, 1.807) is 13.8 Å². The smallest absolute Gasteiger partial charge is 0.242 e. The Morgan fingerprint density at radius 2 is 2.08 bits per heavy atom. The van der Waals surface area contributed by atoms with Crippen LogP contribution in [-0.4, -0.2) is 23.1 Å². The number of nitrogens with two attached hydrogens (primary N) is 1. The zero-order valence-corrected chi connectivity index (χ0v) is 8.42. The van der Waals surface area contributed by atoms with Gasteiger partial charge in [0.1, 0.15) is 5.54 Å². The van der Waals surface area contributed by atoms with E-state index in [2.05, 4.69) is 10.6 Å².